The second-order valence-corrected chi connectivity index (χ2v) is 7.43. The highest BCUT2D eigenvalue weighted by molar-refractivity contribution is 7.91. The summed E-state index contributed by atoms with van der Waals surface area (Å²) < 4.78 is 26.9. The number of thiocarbonyl (C=S) groups is 1. The highest BCUT2D eigenvalue weighted by atomic mass is 32.2. The van der Waals surface area contributed by atoms with Gasteiger partial charge in [-0.15, -0.1) is 11.3 Å². The van der Waals surface area contributed by atoms with E-state index >= 15 is 0 Å². The van der Waals surface area contributed by atoms with Gasteiger partial charge in [0.1, 0.15) is 4.21 Å². The lowest BCUT2D eigenvalue weighted by Crippen LogP contribution is -2.43. The van der Waals surface area contributed by atoms with Gasteiger partial charge in [-0.1, -0.05) is 25.6 Å². The first-order valence-corrected chi connectivity index (χ1v) is 7.95. The fourth-order valence-corrected chi connectivity index (χ4v) is 4.15. The average molecular weight is 292 g/mol. The zero-order valence-corrected chi connectivity index (χ0v) is 12.2. The second-order valence-electron chi connectivity index (χ2n) is 3.73. The van der Waals surface area contributed by atoms with Crippen molar-refractivity contribution in [3.63, 3.8) is 0 Å². The van der Waals surface area contributed by atoms with Crippen LogP contribution in [0.1, 0.15) is 24.6 Å². The lowest BCUT2D eigenvalue weighted by atomic mass is 10.2. The minimum absolute atomic E-state index is 0.184. The molecule has 1 rings (SSSR count). The summed E-state index contributed by atoms with van der Waals surface area (Å²) in [5.41, 5.74) is 5.52. The van der Waals surface area contributed by atoms with Crippen molar-refractivity contribution in [3.05, 3.63) is 17.0 Å². The summed E-state index contributed by atoms with van der Waals surface area (Å²) in [5.74, 6) is 0. The van der Waals surface area contributed by atoms with E-state index in [2.05, 4.69) is 4.72 Å². The molecule has 0 aliphatic carbocycles. The normalized spacial score (nSPS) is 13.5. The van der Waals surface area contributed by atoms with Gasteiger partial charge in [0.05, 0.1) is 11.0 Å². The molecule has 0 aromatic carbocycles. The molecule has 1 aromatic heterocycles. The van der Waals surface area contributed by atoms with E-state index in [0.717, 1.165) is 11.3 Å². The Labute approximate surface area is 111 Å². The summed E-state index contributed by atoms with van der Waals surface area (Å²) in [6, 6.07) is 2.89. The first-order valence-electron chi connectivity index (χ1n) is 5.25. The number of aryl methyl sites for hydroxylation is 1. The molecule has 1 unspecified atom stereocenters. The molecule has 0 amide bonds. The molecule has 96 valence electrons. The topological polar surface area (TPSA) is 72.2 Å². The summed E-state index contributed by atoms with van der Waals surface area (Å²) in [6.45, 7) is 3.82. The lowest BCUT2D eigenvalue weighted by Gasteiger charge is -2.15. The van der Waals surface area contributed by atoms with Gasteiger partial charge in [0.2, 0.25) is 0 Å². The Morgan fingerprint density at radius 3 is 2.65 bits per heavy atom. The summed E-state index contributed by atoms with van der Waals surface area (Å²) >= 11 is 6.09. The van der Waals surface area contributed by atoms with Crippen molar-refractivity contribution in [1.82, 2.24) is 4.72 Å². The Hall–Kier alpha value is -0.500. The molecule has 7 heteroatoms. The van der Waals surface area contributed by atoms with Gasteiger partial charge in [0.15, 0.2) is 0 Å². The van der Waals surface area contributed by atoms with E-state index in [0.29, 0.717) is 10.6 Å². The van der Waals surface area contributed by atoms with Gasteiger partial charge in [0, 0.05) is 4.88 Å². The standard InChI is InChI=1S/C10H16N2O2S3/c1-3-4-8(10(11)15)12-17(13,14)9-6-5-7(2)16-9/h5-6,8,12H,3-4H2,1-2H3,(H2,11,15). The largest absolute Gasteiger partial charge is 0.392 e. The molecule has 3 N–H and O–H groups in total. The van der Waals surface area contributed by atoms with Gasteiger partial charge in [0.25, 0.3) is 10.0 Å². The van der Waals surface area contributed by atoms with Crippen molar-refractivity contribution >= 4 is 38.6 Å². The van der Waals surface area contributed by atoms with E-state index in [9.17, 15) is 8.42 Å². The summed E-state index contributed by atoms with van der Waals surface area (Å²) in [6.07, 6.45) is 1.42. The predicted octanol–water partition coefficient (Wildman–Crippen LogP) is 1.79. The molecule has 1 heterocycles. The van der Waals surface area contributed by atoms with Gasteiger partial charge < -0.3 is 5.73 Å². The molecular formula is C10H16N2O2S3. The van der Waals surface area contributed by atoms with Crippen LogP contribution in [0.3, 0.4) is 0 Å². The van der Waals surface area contributed by atoms with E-state index < -0.39 is 16.1 Å². The van der Waals surface area contributed by atoms with E-state index in [4.69, 9.17) is 18.0 Å². The van der Waals surface area contributed by atoms with Crippen molar-refractivity contribution in [2.24, 2.45) is 5.73 Å². The van der Waals surface area contributed by atoms with Gasteiger partial charge in [-0.25, -0.2) is 13.1 Å². The monoisotopic (exact) mass is 292 g/mol. The van der Waals surface area contributed by atoms with Crippen molar-refractivity contribution in [3.8, 4) is 0 Å². The molecule has 0 aliphatic rings. The molecule has 0 bridgehead atoms. The molecule has 0 spiro atoms. The third kappa shape index (κ3) is 4.02. The average Bonchev–Trinajstić information content (AvgIpc) is 2.64. The number of nitrogens with one attached hydrogen (secondary N) is 1. The van der Waals surface area contributed by atoms with Crippen LogP contribution in [0, 0.1) is 6.92 Å². The predicted molar refractivity (Wildman–Crippen MR) is 74.9 cm³/mol. The Kier molecular flexibility index (Phi) is 5.05. The fourth-order valence-electron chi connectivity index (χ4n) is 1.35. The van der Waals surface area contributed by atoms with E-state index in [1.54, 1.807) is 12.1 Å². The van der Waals surface area contributed by atoms with Crippen LogP contribution in [0.5, 0.6) is 0 Å². The molecule has 1 atom stereocenters. The first kappa shape index (κ1) is 14.6. The highest BCUT2D eigenvalue weighted by Crippen LogP contribution is 2.20. The van der Waals surface area contributed by atoms with Crippen molar-refractivity contribution in [1.29, 1.82) is 0 Å². The van der Waals surface area contributed by atoms with Gasteiger partial charge in [-0.2, -0.15) is 0 Å². The van der Waals surface area contributed by atoms with Crippen LogP contribution < -0.4 is 10.5 Å². The van der Waals surface area contributed by atoms with Gasteiger partial charge in [-0.05, 0) is 25.5 Å². The maximum Gasteiger partial charge on any atom is 0.250 e. The smallest absolute Gasteiger partial charge is 0.250 e. The molecule has 4 nitrogen and oxygen atoms in total. The lowest BCUT2D eigenvalue weighted by molar-refractivity contribution is 0.569. The quantitative estimate of drug-likeness (QED) is 0.784. The van der Waals surface area contributed by atoms with Gasteiger partial charge >= 0.3 is 0 Å². The van der Waals surface area contributed by atoms with E-state index in [1.165, 1.54) is 11.3 Å². The third-order valence-corrected chi connectivity index (χ3v) is 5.45. The van der Waals surface area contributed by atoms with Crippen LogP contribution in [-0.4, -0.2) is 19.4 Å². The number of thiophene rings is 1. The zero-order valence-electron chi connectivity index (χ0n) is 9.76. The van der Waals surface area contributed by atoms with Crippen LogP contribution in [-0.2, 0) is 10.0 Å². The molecule has 1 aromatic rings. The molecule has 17 heavy (non-hydrogen) atoms. The number of hydrogen-bond donors (Lipinski definition) is 2. The Balaban J connectivity index is 2.88. The molecule has 0 aliphatic heterocycles. The number of nitrogens with two attached hydrogens (primary N) is 1. The van der Waals surface area contributed by atoms with Crippen LogP contribution in [0.15, 0.2) is 16.3 Å². The first-order chi connectivity index (χ1) is 7.86. The van der Waals surface area contributed by atoms with Gasteiger partial charge in [-0.3, -0.25) is 0 Å². The number of hydrogen-bond acceptors (Lipinski definition) is 4. The fraction of sp³-hybridized carbons (Fsp3) is 0.500. The highest BCUT2D eigenvalue weighted by Gasteiger charge is 2.22. The van der Waals surface area contributed by atoms with Crippen LogP contribution in [0.2, 0.25) is 0 Å². The van der Waals surface area contributed by atoms with Crippen LogP contribution in [0.4, 0.5) is 0 Å². The molecular weight excluding hydrogens is 276 g/mol. The number of rotatable bonds is 6. The Morgan fingerprint density at radius 2 is 2.24 bits per heavy atom. The minimum Gasteiger partial charge on any atom is -0.392 e. The maximum atomic E-state index is 12.0. The minimum atomic E-state index is -3.50. The zero-order chi connectivity index (χ0) is 13.1. The summed E-state index contributed by atoms with van der Waals surface area (Å²) in [5, 5.41) is 0. The van der Waals surface area contributed by atoms with E-state index in [1.807, 2.05) is 13.8 Å². The molecule has 0 fully saturated rings. The SMILES string of the molecule is CCCC(NS(=O)(=O)c1ccc(C)s1)C(N)=S. The van der Waals surface area contributed by atoms with Crippen molar-refractivity contribution in [2.45, 2.75) is 36.9 Å². The summed E-state index contributed by atoms with van der Waals surface area (Å²) in [4.78, 5) is 1.14. The summed E-state index contributed by atoms with van der Waals surface area (Å²) in [7, 11) is -3.50. The maximum absolute atomic E-state index is 12.0. The molecule has 0 saturated heterocycles. The third-order valence-electron chi connectivity index (χ3n) is 2.20. The molecule has 0 radical (unpaired) electrons. The van der Waals surface area contributed by atoms with Crippen molar-refractivity contribution in [2.75, 3.05) is 0 Å². The number of sulfonamides is 1. The Morgan fingerprint density at radius 1 is 1.59 bits per heavy atom. The molecule has 0 saturated carbocycles. The van der Waals surface area contributed by atoms with Crippen LogP contribution >= 0.6 is 23.6 Å². The van der Waals surface area contributed by atoms with Crippen molar-refractivity contribution < 1.29 is 8.42 Å². The van der Waals surface area contributed by atoms with Crippen LogP contribution in [0.25, 0.3) is 0 Å². The second kappa shape index (κ2) is 5.90. The van der Waals surface area contributed by atoms with E-state index in [-0.39, 0.29) is 4.99 Å². The Bertz CT molecular complexity index is 493.